The van der Waals surface area contributed by atoms with E-state index >= 15 is 0 Å². The fourth-order valence-electron chi connectivity index (χ4n) is 2.47. The van der Waals surface area contributed by atoms with Gasteiger partial charge >= 0.3 is 6.03 Å². The Hall–Kier alpha value is -2.50. The number of nitrogens with two attached hydrogens (primary N) is 1. The van der Waals surface area contributed by atoms with Crippen LogP contribution in [0.4, 0.5) is 4.79 Å². The van der Waals surface area contributed by atoms with Crippen molar-refractivity contribution in [2.24, 2.45) is 5.73 Å². The number of aromatic hydroxyl groups is 1. The largest absolute Gasteiger partial charge is 0.494 e. The molecule has 6 nitrogen and oxygen atoms in total. The molecular weight excluding hydrogens is 270 g/mol. The zero-order valence-electron chi connectivity index (χ0n) is 12.3. The van der Waals surface area contributed by atoms with Crippen LogP contribution in [0, 0.1) is 0 Å². The lowest BCUT2D eigenvalue weighted by Gasteiger charge is -2.09. The molecule has 6 heteroatoms. The molecule has 0 aliphatic carbocycles. The summed E-state index contributed by atoms with van der Waals surface area (Å²) in [6.45, 7) is 5.59. The summed E-state index contributed by atoms with van der Waals surface area (Å²) in [7, 11) is 0. The van der Waals surface area contributed by atoms with Crippen molar-refractivity contribution >= 4 is 22.8 Å². The van der Waals surface area contributed by atoms with Gasteiger partial charge < -0.3 is 16.2 Å². The standard InChI is InChI=1S/C15H19N3O3/c1-4-9-6-5-7-10-11(9)12(13(19)17-8(2)3)14(20)18(10)15(16)21/h5-8,20H,4H2,1-3H3,(H2,16,21)(H,17,19). The lowest BCUT2D eigenvalue weighted by Crippen LogP contribution is -2.30. The van der Waals surface area contributed by atoms with Gasteiger partial charge in [0.05, 0.1) is 5.52 Å². The van der Waals surface area contributed by atoms with Crippen LogP contribution >= 0.6 is 0 Å². The Kier molecular flexibility index (Phi) is 3.88. The molecule has 2 rings (SSSR count). The Morgan fingerprint density at radius 2 is 2.05 bits per heavy atom. The molecule has 0 spiro atoms. The number of aryl methyl sites for hydroxylation is 1. The highest BCUT2D eigenvalue weighted by atomic mass is 16.3. The maximum Gasteiger partial charge on any atom is 0.326 e. The van der Waals surface area contributed by atoms with Crippen LogP contribution in [0.15, 0.2) is 18.2 Å². The number of nitrogens with zero attached hydrogens (tertiary/aromatic N) is 1. The normalized spacial score (nSPS) is 11.0. The van der Waals surface area contributed by atoms with Crippen LogP contribution in [0.25, 0.3) is 10.9 Å². The minimum atomic E-state index is -0.825. The number of hydrogen-bond donors (Lipinski definition) is 3. The van der Waals surface area contributed by atoms with Crippen molar-refractivity contribution in [3.05, 3.63) is 29.3 Å². The number of hydrogen-bond acceptors (Lipinski definition) is 3. The van der Waals surface area contributed by atoms with Crippen LogP contribution in [-0.2, 0) is 6.42 Å². The number of nitrogens with one attached hydrogen (secondary N) is 1. The van der Waals surface area contributed by atoms with E-state index in [1.165, 1.54) is 0 Å². The summed E-state index contributed by atoms with van der Waals surface area (Å²) in [4.78, 5) is 23.9. The lowest BCUT2D eigenvalue weighted by molar-refractivity contribution is 0.0942. The summed E-state index contributed by atoms with van der Waals surface area (Å²) in [6.07, 6.45) is 0.668. The third-order valence-electron chi connectivity index (χ3n) is 3.30. The Morgan fingerprint density at radius 1 is 1.38 bits per heavy atom. The predicted molar refractivity (Wildman–Crippen MR) is 80.6 cm³/mol. The van der Waals surface area contributed by atoms with E-state index < -0.39 is 17.8 Å². The third-order valence-corrected chi connectivity index (χ3v) is 3.30. The Balaban J connectivity index is 2.82. The third kappa shape index (κ3) is 2.44. The van der Waals surface area contributed by atoms with Gasteiger partial charge in [-0.25, -0.2) is 9.36 Å². The molecule has 0 radical (unpaired) electrons. The van der Waals surface area contributed by atoms with E-state index in [1.54, 1.807) is 12.1 Å². The number of fused-ring (bicyclic) bond motifs is 1. The number of rotatable bonds is 3. The highest BCUT2D eigenvalue weighted by Crippen LogP contribution is 2.33. The van der Waals surface area contributed by atoms with E-state index in [1.807, 2.05) is 26.8 Å². The Morgan fingerprint density at radius 3 is 2.57 bits per heavy atom. The number of aromatic nitrogens is 1. The second-order valence-electron chi connectivity index (χ2n) is 5.17. The van der Waals surface area contributed by atoms with E-state index in [9.17, 15) is 14.7 Å². The molecule has 0 fully saturated rings. The van der Waals surface area contributed by atoms with Crippen LogP contribution in [0.3, 0.4) is 0 Å². The molecule has 2 aromatic rings. The summed E-state index contributed by atoms with van der Waals surface area (Å²) >= 11 is 0. The molecule has 112 valence electrons. The molecule has 0 saturated carbocycles. The minimum absolute atomic E-state index is 0.0855. The van der Waals surface area contributed by atoms with Gasteiger partial charge in [-0.05, 0) is 31.9 Å². The van der Waals surface area contributed by atoms with Crippen LogP contribution in [0.5, 0.6) is 5.88 Å². The first-order valence-corrected chi connectivity index (χ1v) is 6.84. The molecule has 1 aromatic carbocycles. The molecule has 0 bridgehead atoms. The zero-order chi connectivity index (χ0) is 15.7. The maximum atomic E-state index is 12.4. The number of amides is 2. The molecule has 2 amide bonds. The van der Waals surface area contributed by atoms with Crippen molar-refractivity contribution in [3.63, 3.8) is 0 Å². The van der Waals surface area contributed by atoms with Crippen molar-refractivity contribution in [2.45, 2.75) is 33.2 Å². The fourth-order valence-corrected chi connectivity index (χ4v) is 2.47. The van der Waals surface area contributed by atoms with Crippen LogP contribution < -0.4 is 11.1 Å². The summed E-state index contributed by atoms with van der Waals surface area (Å²) < 4.78 is 0.962. The SMILES string of the molecule is CCc1cccc2c1c(C(=O)NC(C)C)c(O)n2C(N)=O. The topological polar surface area (TPSA) is 97.3 Å². The highest BCUT2D eigenvalue weighted by molar-refractivity contribution is 6.13. The maximum absolute atomic E-state index is 12.4. The van der Waals surface area contributed by atoms with E-state index in [2.05, 4.69) is 5.32 Å². The van der Waals surface area contributed by atoms with Crippen molar-refractivity contribution in [1.29, 1.82) is 0 Å². The molecular formula is C15H19N3O3. The van der Waals surface area contributed by atoms with Crippen LogP contribution in [0.1, 0.15) is 36.7 Å². The molecule has 0 atom stereocenters. The average molecular weight is 289 g/mol. The van der Waals surface area contributed by atoms with Gasteiger partial charge in [0, 0.05) is 11.4 Å². The van der Waals surface area contributed by atoms with Gasteiger partial charge in [-0.15, -0.1) is 0 Å². The minimum Gasteiger partial charge on any atom is -0.494 e. The second-order valence-corrected chi connectivity index (χ2v) is 5.17. The Bertz CT molecular complexity index is 717. The number of benzene rings is 1. The summed E-state index contributed by atoms with van der Waals surface area (Å²) in [5.74, 6) is -0.843. The fraction of sp³-hybridized carbons (Fsp3) is 0.333. The van der Waals surface area contributed by atoms with Gasteiger partial charge in [-0.1, -0.05) is 19.1 Å². The Labute approximate surface area is 122 Å². The summed E-state index contributed by atoms with van der Waals surface area (Å²) in [6, 6.07) is 4.38. The van der Waals surface area contributed by atoms with Gasteiger partial charge in [0.1, 0.15) is 5.56 Å². The van der Waals surface area contributed by atoms with Gasteiger partial charge in [0.25, 0.3) is 5.91 Å². The summed E-state index contributed by atoms with van der Waals surface area (Å²) in [5, 5.41) is 13.6. The summed E-state index contributed by atoms with van der Waals surface area (Å²) in [5.41, 5.74) is 6.72. The monoisotopic (exact) mass is 289 g/mol. The van der Waals surface area contributed by atoms with Crippen LogP contribution in [-0.4, -0.2) is 27.7 Å². The van der Waals surface area contributed by atoms with Crippen molar-refractivity contribution in [3.8, 4) is 5.88 Å². The molecule has 0 unspecified atom stereocenters. The van der Waals surface area contributed by atoms with Crippen molar-refractivity contribution in [2.75, 3.05) is 0 Å². The smallest absolute Gasteiger partial charge is 0.326 e. The first-order chi connectivity index (χ1) is 9.88. The van der Waals surface area contributed by atoms with Crippen molar-refractivity contribution < 1.29 is 14.7 Å². The molecule has 0 saturated heterocycles. The quantitative estimate of drug-likeness (QED) is 0.805. The van der Waals surface area contributed by atoms with Gasteiger partial charge in [0.15, 0.2) is 0 Å². The molecule has 4 N–H and O–H groups in total. The van der Waals surface area contributed by atoms with Crippen molar-refractivity contribution in [1.82, 2.24) is 9.88 Å². The highest BCUT2D eigenvalue weighted by Gasteiger charge is 2.26. The molecule has 1 heterocycles. The molecule has 1 aromatic heterocycles. The average Bonchev–Trinajstić information content (AvgIpc) is 2.69. The first-order valence-electron chi connectivity index (χ1n) is 6.84. The van der Waals surface area contributed by atoms with Crippen LogP contribution in [0.2, 0.25) is 0 Å². The van der Waals surface area contributed by atoms with Gasteiger partial charge in [-0.3, -0.25) is 4.79 Å². The predicted octanol–water partition coefficient (Wildman–Crippen LogP) is 1.97. The lowest BCUT2D eigenvalue weighted by atomic mass is 10.0. The van der Waals surface area contributed by atoms with E-state index in [4.69, 9.17) is 5.73 Å². The number of primary amides is 1. The molecule has 0 aliphatic heterocycles. The van der Waals surface area contributed by atoms with E-state index in [0.717, 1.165) is 10.1 Å². The number of carbonyl (C=O) groups is 2. The number of carbonyl (C=O) groups excluding carboxylic acids is 2. The van der Waals surface area contributed by atoms with E-state index in [0.29, 0.717) is 17.3 Å². The zero-order valence-corrected chi connectivity index (χ0v) is 12.3. The molecule has 0 aliphatic rings. The second kappa shape index (κ2) is 5.47. The van der Waals surface area contributed by atoms with E-state index in [-0.39, 0.29) is 11.6 Å². The first kappa shape index (κ1) is 14.9. The van der Waals surface area contributed by atoms with Gasteiger partial charge in [-0.2, -0.15) is 0 Å². The molecule has 21 heavy (non-hydrogen) atoms. The van der Waals surface area contributed by atoms with Gasteiger partial charge in [0.2, 0.25) is 5.88 Å².